The van der Waals surface area contributed by atoms with Crippen molar-refractivity contribution in [3.63, 3.8) is 0 Å². The fraction of sp³-hybridized carbons (Fsp3) is 0.125. The van der Waals surface area contributed by atoms with Crippen LogP contribution in [0.1, 0.15) is 21.9 Å². The van der Waals surface area contributed by atoms with Gasteiger partial charge in [0.1, 0.15) is 11.5 Å². The summed E-state index contributed by atoms with van der Waals surface area (Å²) in [5, 5.41) is 9.99. The monoisotopic (exact) mass is 377 g/mol. The first-order valence-corrected chi connectivity index (χ1v) is 7.99. The Balaban J connectivity index is 1.84. The molecule has 3 rings (SSSR count). The van der Waals surface area contributed by atoms with Crippen molar-refractivity contribution in [3.8, 4) is 0 Å². The largest absolute Gasteiger partial charge is 0.360 e. The molecule has 25 heavy (non-hydrogen) atoms. The molecule has 0 fully saturated rings. The third kappa shape index (κ3) is 4.07. The van der Waals surface area contributed by atoms with Crippen LogP contribution >= 0.6 is 23.2 Å². The number of carbonyl (C=O) groups excluding carboxylic acids is 1. The molecule has 0 atom stereocenters. The quantitative estimate of drug-likeness (QED) is 0.700. The molecule has 0 aliphatic rings. The van der Waals surface area contributed by atoms with E-state index in [0.29, 0.717) is 28.0 Å². The van der Waals surface area contributed by atoms with E-state index in [2.05, 4.69) is 25.8 Å². The molecule has 2 heterocycles. The zero-order valence-electron chi connectivity index (χ0n) is 13.3. The first-order chi connectivity index (χ1) is 11.9. The van der Waals surface area contributed by atoms with Gasteiger partial charge in [-0.15, -0.1) is 0 Å². The van der Waals surface area contributed by atoms with E-state index in [4.69, 9.17) is 27.7 Å². The van der Waals surface area contributed by atoms with Crippen LogP contribution in [0.25, 0.3) is 0 Å². The Hall–Kier alpha value is -2.64. The van der Waals surface area contributed by atoms with E-state index in [0.717, 1.165) is 0 Å². The van der Waals surface area contributed by atoms with Crippen molar-refractivity contribution >= 4 is 46.6 Å². The van der Waals surface area contributed by atoms with Crippen LogP contribution in [0.3, 0.4) is 0 Å². The Morgan fingerprint density at radius 2 is 1.96 bits per heavy atom. The number of hydrogen-bond donors (Lipinski definition) is 2. The molecule has 7 nitrogen and oxygen atoms in total. The lowest BCUT2D eigenvalue weighted by Gasteiger charge is -2.09. The van der Waals surface area contributed by atoms with E-state index in [1.54, 1.807) is 44.2 Å². The van der Waals surface area contributed by atoms with Crippen LogP contribution in [0.2, 0.25) is 10.0 Å². The Kier molecular flexibility index (Phi) is 4.87. The van der Waals surface area contributed by atoms with E-state index >= 15 is 0 Å². The van der Waals surface area contributed by atoms with Gasteiger partial charge in [-0.2, -0.15) is 0 Å². The second-order valence-corrected chi connectivity index (χ2v) is 6.01. The summed E-state index contributed by atoms with van der Waals surface area (Å²) in [5.74, 6) is 0.890. The molecule has 0 spiro atoms. The first-order valence-electron chi connectivity index (χ1n) is 7.24. The number of aryl methyl sites for hydroxylation is 2. The van der Waals surface area contributed by atoms with E-state index in [1.165, 1.54) is 0 Å². The zero-order valence-corrected chi connectivity index (χ0v) is 14.8. The first kappa shape index (κ1) is 17.2. The average molecular weight is 378 g/mol. The molecule has 9 heteroatoms. The minimum absolute atomic E-state index is 0.172. The lowest BCUT2D eigenvalue weighted by Crippen LogP contribution is -2.15. The van der Waals surface area contributed by atoms with E-state index in [1.807, 2.05) is 0 Å². The van der Waals surface area contributed by atoms with Gasteiger partial charge in [0, 0.05) is 11.8 Å². The molecule has 0 saturated heterocycles. The van der Waals surface area contributed by atoms with Gasteiger partial charge in [0.25, 0.3) is 5.91 Å². The Morgan fingerprint density at radius 1 is 1.16 bits per heavy atom. The summed E-state index contributed by atoms with van der Waals surface area (Å²) in [6, 6.07) is 8.23. The summed E-state index contributed by atoms with van der Waals surface area (Å²) in [7, 11) is 0. The molecular formula is C16H13Cl2N5O2. The predicted molar refractivity (Wildman–Crippen MR) is 95.7 cm³/mol. The van der Waals surface area contributed by atoms with Crippen molar-refractivity contribution in [3.05, 3.63) is 57.5 Å². The average Bonchev–Trinajstić information content (AvgIpc) is 2.96. The number of benzene rings is 1. The highest BCUT2D eigenvalue weighted by Gasteiger charge is 2.14. The summed E-state index contributed by atoms with van der Waals surface area (Å²) in [5.41, 5.74) is 1.18. The maximum atomic E-state index is 12.5. The number of hydrogen-bond acceptors (Lipinski definition) is 6. The number of rotatable bonds is 4. The predicted octanol–water partition coefficient (Wildman–Crippen LogP) is 4.38. The second kappa shape index (κ2) is 7.08. The molecule has 128 valence electrons. The number of carbonyl (C=O) groups is 1. The van der Waals surface area contributed by atoms with Gasteiger partial charge < -0.3 is 15.2 Å². The van der Waals surface area contributed by atoms with Crippen LogP contribution < -0.4 is 10.6 Å². The maximum absolute atomic E-state index is 12.5. The minimum atomic E-state index is -0.436. The minimum Gasteiger partial charge on any atom is -0.360 e. The molecule has 1 aromatic carbocycles. The second-order valence-electron chi connectivity index (χ2n) is 5.22. The summed E-state index contributed by atoms with van der Waals surface area (Å²) in [6.07, 6.45) is 0. The highest BCUT2D eigenvalue weighted by molar-refractivity contribution is 6.44. The highest BCUT2D eigenvalue weighted by atomic mass is 35.5. The van der Waals surface area contributed by atoms with Gasteiger partial charge in [0.15, 0.2) is 5.82 Å². The van der Waals surface area contributed by atoms with E-state index < -0.39 is 5.91 Å². The summed E-state index contributed by atoms with van der Waals surface area (Å²) < 4.78 is 4.97. The Labute approximate surface area is 153 Å². The lowest BCUT2D eigenvalue weighted by atomic mass is 10.3. The van der Waals surface area contributed by atoms with Crippen LogP contribution in [-0.2, 0) is 0 Å². The van der Waals surface area contributed by atoms with Gasteiger partial charge in [-0.1, -0.05) is 34.4 Å². The Bertz CT molecular complexity index is 942. The van der Waals surface area contributed by atoms with Crippen molar-refractivity contribution in [1.82, 2.24) is 15.1 Å². The molecule has 0 aliphatic heterocycles. The van der Waals surface area contributed by atoms with Gasteiger partial charge in [-0.05, 0) is 32.0 Å². The van der Waals surface area contributed by atoms with Gasteiger partial charge in [-0.3, -0.25) is 4.79 Å². The third-order valence-electron chi connectivity index (χ3n) is 3.15. The van der Waals surface area contributed by atoms with E-state index in [9.17, 15) is 4.79 Å². The summed E-state index contributed by atoms with van der Waals surface area (Å²) >= 11 is 12.0. The van der Waals surface area contributed by atoms with E-state index in [-0.39, 0.29) is 16.7 Å². The molecule has 0 aliphatic carbocycles. The van der Waals surface area contributed by atoms with Crippen molar-refractivity contribution in [2.24, 2.45) is 0 Å². The van der Waals surface area contributed by atoms with Crippen LogP contribution in [-0.4, -0.2) is 21.0 Å². The van der Waals surface area contributed by atoms with Gasteiger partial charge >= 0.3 is 0 Å². The highest BCUT2D eigenvalue weighted by Crippen LogP contribution is 2.29. The molecule has 0 radical (unpaired) electrons. The number of nitrogens with zero attached hydrogens (tertiary/aromatic N) is 3. The number of nitrogens with one attached hydrogen (secondary N) is 2. The molecule has 0 unspecified atom stereocenters. The fourth-order valence-corrected chi connectivity index (χ4v) is 2.42. The molecule has 1 amide bonds. The van der Waals surface area contributed by atoms with Crippen molar-refractivity contribution in [2.75, 3.05) is 10.6 Å². The summed E-state index contributed by atoms with van der Waals surface area (Å²) in [4.78, 5) is 20.9. The van der Waals surface area contributed by atoms with Gasteiger partial charge in [-0.25, -0.2) is 9.97 Å². The van der Waals surface area contributed by atoms with Crippen molar-refractivity contribution in [1.29, 1.82) is 0 Å². The lowest BCUT2D eigenvalue weighted by molar-refractivity contribution is 0.102. The number of amides is 1. The fourth-order valence-electron chi connectivity index (χ4n) is 2.07. The van der Waals surface area contributed by atoms with Gasteiger partial charge in [0.05, 0.1) is 15.7 Å². The molecule has 3 aromatic rings. The molecular weight excluding hydrogens is 365 g/mol. The molecule has 2 aromatic heterocycles. The number of anilines is 3. The van der Waals surface area contributed by atoms with Gasteiger partial charge in [0.2, 0.25) is 5.95 Å². The molecule has 0 bridgehead atoms. The van der Waals surface area contributed by atoms with Crippen molar-refractivity contribution < 1.29 is 9.32 Å². The molecule has 2 N–H and O–H groups in total. The standard InChI is InChI=1S/C16H13Cl2N5O2/c1-8-6-12(15(24)20-11-5-3-4-10(17)14(11)18)21-16(19-8)22-13-7-9(2)25-23-13/h3-7H,1-2H3,(H,20,24)(H,19,21,22,23). The smallest absolute Gasteiger partial charge is 0.274 e. The van der Waals surface area contributed by atoms with Crippen LogP contribution in [0.15, 0.2) is 34.9 Å². The van der Waals surface area contributed by atoms with Crippen LogP contribution in [0.4, 0.5) is 17.5 Å². The molecule has 0 saturated carbocycles. The zero-order chi connectivity index (χ0) is 18.0. The SMILES string of the molecule is Cc1cc(C(=O)Nc2cccc(Cl)c2Cl)nc(Nc2cc(C)on2)n1. The normalized spacial score (nSPS) is 10.6. The number of halogens is 2. The topological polar surface area (TPSA) is 92.9 Å². The summed E-state index contributed by atoms with van der Waals surface area (Å²) in [6.45, 7) is 3.52. The maximum Gasteiger partial charge on any atom is 0.274 e. The van der Waals surface area contributed by atoms with Crippen molar-refractivity contribution in [2.45, 2.75) is 13.8 Å². The van der Waals surface area contributed by atoms with Crippen LogP contribution in [0.5, 0.6) is 0 Å². The number of aromatic nitrogens is 3. The third-order valence-corrected chi connectivity index (χ3v) is 3.97. The van der Waals surface area contributed by atoms with Crippen LogP contribution in [0, 0.1) is 13.8 Å². The Morgan fingerprint density at radius 3 is 2.68 bits per heavy atom.